The van der Waals surface area contributed by atoms with Crippen LogP contribution in [0.5, 0.6) is 5.75 Å². The molecule has 0 aliphatic carbocycles. The van der Waals surface area contributed by atoms with Gasteiger partial charge in [0.25, 0.3) is 5.91 Å². The summed E-state index contributed by atoms with van der Waals surface area (Å²) in [6.07, 6.45) is 0. The lowest BCUT2D eigenvalue weighted by molar-refractivity contribution is -0.650. The largest absolute Gasteiger partial charge is 0.497 e. The second-order valence-corrected chi connectivity index (χ2v) is 6.30. The van der Waals surface area contributed by atoms with E-state index in [2.05, 4.69) is 15.4 Å². The molecule has 2 aromatic heterocycles. The highest BCUT2D eigenvalue weighted by molar-refractivity contribution is 6.03. The van der Waals surface area contributed by atoms with Gasteiger partial charge >= 0.3 is 5.95 Å². The number of carbonyl (C=O) groups is 1. The van der Waals surface area contributed by atoms with Gasteiger partial charge in [-0.25, -0.2) is 4.57 Å². The van der Waals surface area contributed by atoms with Gasteiger partial charge in [-0.15, -0.1) is 9.67 Å². The van der Waals surface area contributed by atoms with Gasteiger partial charge in [-0.05, 0) is 43.3 Å². The lowest BCUT2D eigenvalue weighted by atomic mass is 10.2. The number of aromatic nitrogens is 4. The van der Waals surface area contributed by atoms with Crippen molar-refractivity contribution in [1.29, 1.82) is 0 Å². The number of nitrogens with zero attached hydrogens (tertiary/aromatic N) is 3. The number of ether oxygens (including phenoxy) is 1. The van der Waals surface area contributed by atoms with Crippen LogP contribution in [0.25, 0.3) is 17.0 Å². The Bertz CT molecular complexity index is 1130. The molecule has 0 radical (unpaired) electrons. The van der Waals surface area contributed by atoms with Crippen molar-refractivity contribution < 1.29 is 14.2 Å². The lowest BCUT2D eigenvalue weighted by Gasteiger charge is -2.04. The maximum Gasteiger partial charge on any atom is 0.377 e. The van der Waals surface area contributed by atoms with Crippen LogP contribution in [-0.4, -0.2) is 27.7 Å². The number of imidazole rings is 1. The molecule has 2 aromatic carbocycles. The number of hydrogen-bond acceptors (Lipinski definition) is 3. The SMILES string of the molecule is COc1ccc(C(=O)Nc2cc(C)[nH][n+]2-c2nc3ccccc3n2C)cc1. The van der Waals surface area contributed by atoms with Gasteiger partial charge in [0, 0.05) is 18.8 Å². The maximum atomic E-state index is 12.7. The number of nitrogens with one attached hydrogen (secondary N) is 2. The van der Waals surface area contributed by atoms with Crippen molar-refractivity contribution in [3.8, 4) is 11.7 Å². The van der Waals surface area contributed by atoms with Gasteiger partial charge in [0.1, 0.15) is 11.3 Å². The molecule has 4 aromatic rings. The van der Waals surface area contributed by atoms with Gasteiger partial charge in [0.05, 0.1) is 12.7 Å². The van der Waals surface area contributed by atoms with E-state index < -0.39 is 0 Å². The highest BCUT2D eigenvalue weighted by Crippen LogP contribution is 2.17. The summed E-state index contributed by atoms with van der Waals surface area (Å²) in [5.74, 6) is 1.81. The number of hydrogen-bond donors (Lipinski definition) is 2. The molecule has 1 amide bonds. The van der Waals surface area contributed by atoms with Crippen molar-refractivity contribution >= 4 is 22.8 Å². The first-order valence-electron chi connectivity index (χ1n) is 8.56. The zero-order valence-corrected chi connectivity index (χ0v) is 15.4. The molecule has 0 saturated carbocycles. The first-order chi connectivity index (χ1) is 13.1. The second kappa shape index (κ2) is 6.60. The fraction of sp³-hybridized carbons (Fsp3) is 0.150. The van der Waals surface area contributed by atoms with Gasteiger partial charge in [0.2, 0.25) is 5.82 Å². The predicted octanol–water partition coefficient (Wildman–Crippen LogP) is 2.75. The van der Waals surface area contributed by atoms with Crippen LogP contribution < -0.4 is 14.7 Å². The van der Waals surface area contributed by atoms with Crippen LogP contribution in [0.1, 0.15) is 16.1 Å². The van der Waals surface area contributed by atoms with Gasteiger partial charge in [-0.2, -0.15) is 0 Å². The fourth-order valence-electron chi connectivity index (χ4n) is 3.05. The quantitative estimate of drug-likeness (QED) is 0.548. The zero-order valence-electron chi connectivity index (χ0n) is 15.4. The van der Waals surface area contributed by atoms with E-state index in [0.29, 0.717) is 23.1 Å². The molecule has 2 heterocycles. The average molecular weight is 362 g/mol. The number of carbonyl (C=O) groups excluding carboxylic acids is 1. The van der Waals surface area contributed by atoms with Crippen LogP contribution >= 0.6 is 0 Å². The Labute approximate surface area is 156 Å². The number of rotatable bonds is 4. The Morgan fingerprint density at radius 2 is 1.93 bits per heavy atom. The highest BCUT2D eigenvalue weighted by atomic mass is 16.5. The van der Waals surface area contributed by atoms with E-state index in [0.717, 1.165) is 16.7 Å². The minimum Gasteiger partial charge on any atom is -0.497 e. The van der Waals surface area contributed by atoms with Crippen molar-refractivity contribution in [2.24, 2.45) is 7.05 Å². The number of H-pyrrole nitrogens is 1. The summed E-state index contributed by atoms with van der Waals surface area (Å²) >= 11 is 0. The van der Waals surface area contributed by atoms with E-state index in [4.69, 9.17) is 4.74 Å². The van der Waals surface area contributed by atoms with E-state index in [1.165, 1.54) is 0 Å². The second-order valence-electron chi connectivity index (χ2n) is 6.30. The van der Waals surface area contributed by atoms with Crippen LogP contribution in [0.15, 0.2) is 54.6 Å². The van der Waals surface area contributed by atoms with Gasteiger partial charge in [-0.1, -0.05) is 12.1 Å². The number of amides is 1. The first-order valence-corrected chi connectivity index (χ1v) is 8.56. The van der Waals surface area contributed by atoms with Crippen molar-refractivity contribution in [2.45, 2.75) is 6.92 Å². The first kappa shape index (κ1) is 16.8. The normalized spacial score (nSPS) is 10.9. The van der Waals surface area contributed by atoms with Gasteiger partial charge in [-0.3, -0.25) is 15.2 Å². The Morgan fingerprint density at radius 1 is 1.19 bits per heavy atom. The molecule has 0 aliphatic heterocycles. The zero-order chi connectivity index (χ0) is 19.0. The van der Waals surface area contributed by atoms with Gasteiger partial charge in [0.15, 0.2) is 5.52 Å². The van der Waals surface area contributed by atoms with Crippen molar-refractivity contribution in [1.82, 2.24) is 14.6 Å². The molecule has 4 rings (SSSR count). The molecule has 0 aliphatic rings. The van der Waals surface area contributed by atoms with Crippen LogP contribution in [0, 0.1) is 6.92 Å². The highest BCUT2D eigenvalue weighted by Gasteiger charge is 2.23. The Hall–Kier alpha value is -3.61. The number of fused-ring (bicyclic) bond motifs is 1. The summed E-state index contributed by atoms with van der Waals surface area (Å²) in [4.78, 5) is 17.3. The molecule has 0 fully saturated rings. The molecule has 0 atom stereocenters. The number of anilines is 1. The van der Waals surface area contributed by atoms with Gasteiger partial charge < -0.3 is 4.74 Å². The average Bonchev–Trinajstić information content (AvgIpc) is 3.21. The van der Waals surface area contributed by atoms with Crippen molar-refractivity contribution in [3.63, 3.8) is 0 Å². The summed E-state index contributed by atoms with van der Waals surface area (Å²) in [6, 6.07) is 16.8. The third-order valence-corrected chi connectivity index (χ3v) is 4.44. The summed E-state index contributed by atoms with van der Waals surface area (Å²) in [5, 5.41) is 6.19. The third kappa shape index (κ3) is 3.03. The van der Waals surface area contributed by atoms with E-state index in [1.54, 1.807) is 36.1 Å². The molecule has 0 unspecified atom stereocenters. The minimum absolute atomic E-state index is 0.204. The minimum atomic E-state index is -0.204. The molecular formula is C20H20N5O2+. The molecule has 7 heteroatoms. The molecule has 2 N–H and O–H groups in total. The van der Waals surface area contributed by atoms with E-state index in [-0.39, 0.29) is 5.91 Å². The van der Waals surface area contributed by atoms with Crippen LogP contribution in [-0.2, 0) is 7.05 Å². The number of para-hydroxylation sites is 2. The summed E-state index contributed by atoms with van der Waals surface area (Å²) < 4.78 is 8.89. The smallest absolute Gasteiger partial charge is 0.377 e. The van der Waals surface area contributed by atoms with Crippen LogP contribution in [0.2, 0.25) is 0 Å². The van der Waals surface area contributed by atoms with E-state index in [1.807, 2.05) is 48.9 Å². The molecular weight excluding hydrogens is 342 g/mol. The number of methoxy groups -OCH3 is 1. The molecule has 0 bridgehead atoms. The summed E-state index contributed by atoms with van der Waals surface area (Å²) in [5.41, 5.74) is 3.36. The number of aromatic amines is 1. The molecule has 0 saturated heterocycles. The standard InChI is InChI=1S/C20H19N5O2/c1-13-12-18(22-19(26)14-8-10-15(27-3)11-9-14)25(23-13)20-21-16-6-4-5-7-17(16)24(20)2/h4-12H,1-3H3,(H,22,23,26)/p+1. The monoisotopic (exact) mass is 362 g/mol. The Morgan fingerprint density at radius 3 is 2.63 bits per heavy atom. The van der Waals surface area contributed by atoms with Crippen LogP contribution in [0.4, 0.5) is 5.82 Å². The van der Waals surface area contributed by atoms with Crippen LogP contribution in [0.3, 0.4) is 0 Å². The molecule has 27 heavy (non-hydrogen) atoms. The lowest BCUT2D eigenvalue weighted by Crippen LogP contribution is -2.39. The Kier molecular flexibility index (Phi) is 4.12. The topological polar surface area (TPSA) is 75.8 Å². The van der Waals surface area contributed by atoms with E-state index >= 15 is 0 Å². The third-order valence-electron chi connectivity index (χ3n) is 4.44. The van der Waals surface area contributed by atoms with E-state index in [9.17, 15) is 4.79 Å². The molecule has 0 spiro atoms. The number of aryl methyl sites for hydroxylation is 2. The summed E-state index contributed by atoms with van der Waals surface area (Å²) in [6.45, 7) is 1.93. The molecule has 7 nitrogen and oxygen atoms in total. The molecule has 136 valence electrons. The maximum absolute atomic E-state index is 12.7. The summed E-state index contributed by atoms with van der Waals surface area (Å²) in [7, 11) is 3.54. The predicted molar refractivity (Wildman–Crippen MR) is 102 cm³/mol. The fourth-order valence-corrected chi connectivity index (χ4v) is 3.05. The van der Waals surface area contributed by atoms with Crippen molar-refractivity contribution in [2.75, 3.05) is 12.4 Å². The number of benzene rings is 2. The Balaban J connectivity index is 1.70. The van der Waals surface area contributed by atoms with Crippen molar-refractivity contribution in [3.05, 3.63) is 65.9 Å².